The molecule has 0 atom stereocenters. The summed E-state index contributed by atoms with van der Waals surface area (Å²) in [6, 6.07) is 1.50. The molecule has 1 N–H and O–H groups in total. The van der Waals surface area contributed by atoms with Crippen molar-refractivity contribution < 1.29 is 8.42 Å². The van der Waals surface area contributed by atoms with Gasteiger partial charge >= 0.3 is 0 Å². The smallest absolute Gasteiger partial charge is 0.280 e. The van der Waals surface area contributed by atoms with E-state index in [1.165, 1.54) is 24.8 Å². The van der Waals surface area contributed by atoms with Crippen LogP contribution in [0, 0.1) is 0 Å². The van der Waals surface area contributed by atoms with Crippen molar-refractivity contribution >= 4 is 27.3 Å². The second kappa shape index (κ2) is 5.14. The summed E-state index contributed by atoms with van der Waals surface area (Å²) in [5.41, 5.74) is 0.235. The lowest BCUT2D eigenvalue weighted by Crippen LogP contribution is -2.13. The van der Waals surface area contributed by atoms with E-state index in [2.05, 4.69) is 19.9 Å². The molecule has 0 bridgehead atoms. The molecule has 0 saturated carbocycles. The Morgan fingerprint density at radius 1 is 1.42 bits per heavy atom. The molecule has 2 rings (SSSR count). The molecule has 0 unspecified atom stereocenters. The molecular formula is C10H12ClN5O2S. The Morgan fingerprint density at radius 2 is 2.16 bits per heavy atom. The van der Waals surface area contributed by atoms with E-state index in [9.17, 15) is 8.42 Å². The zero-order valence-corrected chi connectivity index (χ0v) is 11.9. The first kappa shape index (κ1) is 13.8. The highest BCUT2D eigenvalue weighted by Crippen LogP contribution is 2.16. The van der Waals surface area contributed by atoms with Gasteiger partial charge in [-0.25, -0.2) is 4.98 Å². The molecule has 0 aliphatic carbocycles. The number of nitrogens with one attached hydrogen (secondary N) is 1. The van der Waals surface area contributed by atoms with Crippen LogP contribution in [-0.2, 0) is 10.0 Å². The van der Waals surface area contributed by atoms with Crippen molar-refractivity contribution in [2.24, 2.45) is 0 Å². The normalized spacial score (nSPS) is 11.8. The van der Waals surface area contributed by atoms with E-state index in [4.69, 9.17) is 11.6 Å². The lowest BCUT2D eigenvalue weighted by Gasteiger charge is -2.06. The van der Waals surface area contributed by atoms with Crippen molar-refractivity contribution in [1.82, 2.24) is 19.7 Å². The highest BCUT2D eigenvalue weighted by molar-refractivity contribution is 7.92. The molecule has 2 aromatic rings. The van der Waals surface area contributed by atoms with Crippen molar-refractivity contribution in [3.05, 3.63) is 29.9 Å². The summed E-state index contributed by atoms with van der Waals surface area (Å²) in [7, 11) is -3.75. The number of rotatable bonds is 4. The van der Waals surface area contributed by atoms with Crippen LogP contribution in [0.2, 0.25) is 5.15 Å². The van der Waals surface area contributed by atoms with Crippen LogP contribution in [-0.4, -0.2) is 28.2 Å². The summed E-state index contributed by atoms with van der Waals surface area (Å²) in [5.74, 6) is 0. The molecule has 7 nitrogen and oxygen atoms in total. The van der Waals surface area contributed by atoms with Crippen LogP contribution in [0.4, 0.5) is 5.69 Å². The van der Waals surface area contributed by atoms with E-state index >= 15 is 0 Å². The number of anilines is 1. The number of imidazole rings is 1. The Bertz CT molecular complexity index is 683. The Kier molecular flexibility index (Phi) is 3.72. The van der Waals surface area contributed by atoms with Gasteiger partial charge in [0.15, 0.2) is 10.2 Å². The minimum Gasteiger partial charge on any atom is -0.334 e. The molecule has 0 aromatic carbocycles. The van der Waals surface area contributed by atoms with Gasteiger partial charge in [-0.1, -0.05) is 11.6 Å². The van der Waals surface area contributed by atoms with Gasteiger partial charge in [0.05, 0.1) is 18.2 Å². The third-order valence-electron chi connectivity index (χ3n) is 2.33. The Hall–Kier alpha value is -1.67. The molecule has 0 amide bonds. The fraction of sp³-hybridized carbons (Fsp3) is 0.300. The maximum Gasteiger partial charge on any atom is 0.280 e. The molecule has 0 aliphatic rings. The quantitative estimate of drug-likeness (QED) is 0.928. The molecule has 2 aromatic heterocycles. The SMILES string of the molecule is CC(C)n1cnc(S(=O)(=O)Nc2cnnc(Cl)c2)c1. The number of hydrogen-bond acceptors (Lipinski definition) is 5. The van der Waals surface area contributed by atoms with Gasteiger partial charge in [0.2, 0.25) is 0 Å². The zero-order valence-electron chi connectivity index (χ0n) is 10.3. The monoisotopic (exact) mass is 301 g/mol. The van der Waals surface area contributed by atoms with Crippen LogP contribution in [0.15, 0.2) is 29.8 Å². The van der Waals surface area contributed by atoms with E-state index < -0.39 is 10.0 Å². The molecule has 0 fully saturated rings. The summed E-state index contributed by atoms with van der Waals surface area (Å²) in [4.78, 5) is 3.87. The Morgan fingerprint density at radius 3 is 2.74 bits per heavy atom. The first-order valence-corrected chi connectivity index (χ1v) is 7.29. The number of halogens is 1. The summed E-state index contributed by atoms with van der Waals surface area (Å²) in [6.45, 7) is 3.86. The number of nitrogens with zero attached hydrogens (tertiary/aromatic N) is 4. The van der Waals surface area contributed by atoms with Crippen LogP contribution in [0.25, 0.3) is 0 Å². The molecule has 9 heteroatoms. The Labute approximate surface area is 115 Å². The van der Waals surface area contributed by atoms with Gasteiger partial charge in [-0.3, -0.25) is 4.72 Å². The third-order valence-corrected chi connectivity index (χ3v) is 3.78. The molecule has 0 aliphatic heterocycles. The van der Waals surface area contributed by atoms with E-state index in [0.29, 0.717) is 0 Å². The molecule has 2 heterocycles. The van der Waals surface area contributed by atoms with Gasteiger partial charge in [0.25, 0.3) is 10.0 Å². The van der Waals surface area contributed by atoms with Crippen LogP contribution in [0.1, 0.15) is 19.9 Å². The van der Waals surface area contributed by atoms with Crippen molar-refractivity contribution in [3.8, 4) is 0 Å². The van der Waals surface area contributed by atoms with E-state index in [1.54, 1.807) is 4.57 Å². The standard InChI is InChI=1S/C10H12ClN5O2S/c1-7(2)16-5-10(12-6-16)19(17,18)15-8-3-9(11)14-13-4-8/h3-7H,1-2H3,(H,14,15). The molecule has 0 spiro atoms. The molecule has 0 radical (unpaired) electrons. The lowest BCUT2D eigenvalue weighted by molar-refractivity contribution is 0.591. The van der Waals surface area contributed by atoms with E-state index in [0.717, 1.165) is 0 Å². The summed E-state index contributed by atoms with van der Waals surface area (Å²) >= 11 is 5.64. The van der Waals surface area contributed by atoms with Gasteiger partial charge in [0.1, 0.15) is 0 Å². The van der Waals surface area contributed by atoms with Gasteiger partial charge in [-0.05, 0) is 13.8 Å². The van der Waals surface area contributed by atoms with Crippen LogP contribution >= 0.6 is 11.6 Å². The largest absolute Gasteiger partial charge is 0.334 e. The van der Waals surface area contributed by atoms with Gasteiger partial charge in [-0.15, -0.1) is 5.10 Å². The topological polar surface area (TPSA) is 89.8 Å². The average Bonchev–Trinajstić information content (AvgIpc) is 2.78. The van der Waals surface area contributed by atoms with Gasteiger partial charge in [-0.2, -0.15) is 13.5 Å². The fourth-order valence-corrected chi connectivity index (χ4v) is 2.48. The lowest BCUT2D eigenvalue weighted by atomic mass is 10.4. The van der Waals surface area contributed by atoms with Gasteiger partial charge in [0, 0.05) is 18.3 Å². The predicted molar refractivity (Wildman–Crippen MR) is 70.5 cm³/mol. The summed E-state index contributed by atoms with van der Waals surface area (Å²) in [6.07, 6.45) is 4.20. The van der Waals surface area contributed by atoms with Crippen molar-refractivity contribution in [2.45, 2.75) is 24.9 Å². The van der Waals surface area contributed by atoms with E-state index in [1.807, 2.05) is 13.8 Å². The maximum atomic E-state index is 12.1. The minimum absolute atomic E-state index is 0.0610. The van der Waals surface area contributed by atoms with Crippen molar-refractivity contribution in [1.29, 1.82) is 0 Å². The van der Waals surface area contributed by atoms with Gasteiger partial charge < -0.3 is 4.57 Å². The zero-order chi connectivity index (χ0) is 14.0. The number of aromatic nitrogens is 4. The first-order chi connectivity index (χ1) is 8.88. The van der Waals surface area contributed by atoms with Crippen LogP contribution in [0.3, 0.4) is 0 Å². The molecule has 0 saturated heterocycles. The molecular weight excluding hydrogens is 290 g/mol. The molecule has 19 heavy (non-hydrogen) atoms. The van der Waals surface area contributed by atoms with E-state index in [-0.39, 0.29) is 21.9 Å². The predicted octanol–water partition coefficient (Wildman–Crippen LogP) is 1.71. The van der Waals surface area contributed by atoms with Crippen molar-refractivity contribution in [3.63, 3.8) is 0 Å². The van der Waals surface area contributed by atoms with Crippen LogP contribution in [0.5, 0.6) is 0 Å². The van der Waals surface area contributed by atoms with Crippen molar-refractivity contribution in [2.75, 3.05) is 4.72 Å². The fourth-order valence-electron chi connectivity index (χ4n) is 1.34. The average molecular weight is 302 g/mol. The molecule has 102 valence electrons. The third kappa shape index (κ3) is 3.21. The number of sulfonamides is 1. The number of hydrogen-bond donors (Lipinski definition) is 1. The van der Waals surface area contributed by atoms with Crippen LogP contribution < -0.4 is 4.72 Å². The summed E-state index contributed by atoms with van der Waals surface area (Å²) in [5, 5.41) is 7.14. The minimum atomic E-state index is -3.75. The Balaban J connectivity index is 2.27. The second-order valence-corrected chi connectivity index (χ2v) is 6.14. The highest BCUT2D eigenvalue weighted by Gasteiger charge is 2.18. The first-order valence-electron chi connectivity index (χ1n) is 5.43. The summed E-state index contributed by atoms with van der Waals surface area (Å²) < 4.78 is 28.2. The highest BCUT2D eigenvalue weighted by atomic mass is 35.5. The second-order valence-electron chi connectivity index (χ2n) is 4.13. The maximum absolute atomic E-state index is 12.1.